The normalized spacial score (nSPS) is 11.9. The molecular weight excluding hydrogens is 470 g/mol. The van der Waals surface area contributed by atoms with Crippen LogP contribution in [0.2, 0.25) is 0 Å². The second-order valence-corrected chi connectivity index (χ2v) is 7.63. The zero-order valence-corrected chi connectivity index (χ0v) is 19.4. The highest BCUT2D eigenvalue weighted by Crippen LogP contribution is 2.34. The van der Waals surface area contributed by atoms with Gasteiger partial charge in [-0.1, -0.05) is 19.1 Å². The molecule has 0 aliphatic rings. The lowest BCUT2D eigenvalue weighted by atomic mass is 10.1. The standard InChI is InChI=1S/C24H23F4N3O4/c1-5-13-10-16(11-17(25)19(13)26)35-23-18(20(21(27)28)30-31(23)3)22(32)29-12(2)14-6-8-15(9-7-14)24(33)34-4/h6-12,21H,5H2,1-4H3,(H,29,32). The van der Waals surface area contributed by atoms with Gasteiger partial charge in [0.1, 0.15) is 17.0 Å². The van der Waals surface area contributed by atoms with E-state index in [-0.39, 0.29) is 23.6 Å². The van der Waals surface area contributed by atoms with Gasteiger partial charge in [-0.05, 0) is 42.7 Å². The average molecular weight is 493 g/mol. The van der Waals surface area contributed by atoms with Gasteiger partial charge >= 0.3 is 5.97 Å². The summed E-state index contributed by atoms with van der Waals surface area (Å²) >= 11 is 0. The molecule has 2 aromatic carbocycles. The minimum atomic E-state index is -3.11. The Labute approximate surface area is 198 Å². The molecule has 11 heteroatoms. The summed E-state index contributed by atoms with van der Waals surface area (Å²) in [7, 11) is 2.53. The minimum Gasteiger partial charge on any atom is -0.465 e. The number of benzene rings is 2. The van der Waals surface area contributed by atoms with Crippen molar-refractivity contribution in [1.82, 2.24) is 15.1 Å². The van der Waals surface area contributed by atoms with Crippen LogP contribution >= 0.6 is 0 Å². The van der Waals surface area contributed by atoms with Crippen LogP contribution in [0, 0.1) is 11.6 Å². The number of carbonyl (C=O) groups is 2. The minimum absolute atomic E-state index is 0.0197. The summed E-state index contributed by atoms with van der Waals surface area (Å²) in [4.78, 5) is 24.7. The summed E-state index contributed by atoms with van der Waals surface area (Å²) in [5.74, 6) is -4.19. The van der Waals surface area contributed by atoms with Crippen molar-refractivity contribution in [3.05, 3.63) is 76.0 Å². The van der Waals surface area contributed by atoms with Gasteiger partial charge in [-0.3, -0.25) is 4.79 Å². The molecule has 186 valence electrons. The maximum absolute atomic E-state index is 14.0. The maximum atomic E-state index is 14.0. The van der Waals surface area contributed by atoms with Crippen molar-refractivity contribution in [2.24, 2.45) is 7.05 Å². The molecule has 0 saturated carbocycles. The number of methoxy groups -OCH3 is 1. The molecule has 1 N–H and O–H groups in total. The second kappa shape index (κ2) is 10.6. The number of aryl methyl sites for hydroxylation is 2. The molecule has 3 aromatic rings. The molecule has 3 rings (SSSR count). The first kappa shape index (κ1) is 25.7. The molecule has 0 fully saturated rings. The van der Waals surface area contributed by atoms with Crippen molar-refractivity contribution >= 4 is 11.9 Å². The molecule has 1 heterocycles. The number of ether oxygens (including phenoxy) is 2. The molecule has 7 nitrogen and oxygen atoms in total. The van der Waals surface area contributed by atoms with E-state index in [9.17, 15) is 27.2 Å². The topological polar surface area (TPSA) is 82.4 Å². The summed E-state index contributed by atoms with van der Waals surface area (Å²) in [5, 5.41) is 6.29. The number of nitrogens with zero attached hydrogens (tertiary/aromatic N) is 2. The van der Waals surface area contributed by atoms with Gasteiger partial charge in [-0.2, -0.15) is 5.10 Å². The number of amides is 1. The lowest BCUT2D eigenvalue weighted by Gasteiger charge is -2.16. The van der Waals surface area contributed by atoms with Gasteiger partial charge in [-0.25, -0.2) is 27.0 Å². The van der Waals surface area contributed by atoms with Crippen molar-refractivity contribution in [1.29, 1.82) is 0 Å². The number of carbonyl (C=O) groups excluding carboxylic acids is 2. The smallest absolute Gasteiger partial charge is 0.337 e. The summed E-state index contributed by atoms with van der Waals surface area (Å²) in [6, 6.07) is 7.50. The van der Waals surface area contributed by atoms with Gasteiger partial charge in [0.2, 0.25) is 5.88 Å². The number of esters is 1. The average Bonchev–Trinajstić information content (AvgIpc) is 3.16. The van der Waals surface area contributed by atoms with Crippen LogP contribution in [0.3, 0.4) is 0 Å². The van der Waals surface area contributed by atoms with E-state index in [2.05, 4.69) is 15.2 Å². The van der Waals surface area contributed by atoms with Gasteiger partial charge in [0.05, 0.1) is 18.7 Å². The number of halogens is 4. The Morgan fingerprint density at radius 3 is 2.37 bits per heavy atom. The van der Waals surface area contributed by atoms with Gasteiger partial charge in [-0.15, -0.1) is 0 Å². The summed E-state index contributed by atoms with van der Waals surface area (Å²) in [6.07, 6.45) is -2.95. The Kier molecular flexibility index (Phi) is 7.78. The van der Waals surface area contributed by atoms with Crippen molar-refractivity contribution in [3.8, 4) is 11.6 Å². The van der Waals surface area contributed by atoms with E-state index in [0.29, 0.717) is 11.1 Å². The molecule has 0 bridgehead atoms. The molecule has 0 aliphatic carbocycles. The van der Waals surface area contributed by atoms with Crippen LogP contribution in [-0.4, -0.2) is 28.8 Å². The van der Waals surface area contributed by atoms with Crippen molar-refractivity contribution < 1.29 is 36.6 Å². The highest BCUT2D eigenvalue weighted by atomic mass is 19.3. The number of hydrogen-bond acceptors (Lipinski definition) is 5. The summed E-state index contributed by atoms with van der Waals surface area (Å²) < 4.78 is 66.4. The van der Waals surface area contributed by atoms with Crippen molar-refractivity contribution in [2.45, 2.75) is 32.7 Å². The van der Waals surface area contributed by atoms with Gasteiger partial charge in [0.25, 0.3) is 12.3 Å². The van der Waals surface area contributed by atoms with Crippen LogP contribution in [0.1, 0.15) is 63.9 Å². The van der Waals surface area contributed by atoms with Crippen LogP contribution < -0.4 is 10.1 Å². The largest absolute Gasteiger partial charge is 0.465 e. The van der Waals surface area contributed by atoms with E-state index in [1.165, 1.54) is 32.4 Å². The number of hydrogen-bond donors (Lipinski definition) is 1. The van der Waals surface area contributed by atoms with E-state index in [1.807, 2.05) is 0 Å². The van der Waals surface area contributed by atoms with Crippen LogP contribution in [0.4, 0.5) is 17.6 Å². The molecule has 0 saturated heterocycles. The fraction of sp³-hybridized carbons (Fsp3) is 0.292. The summed E-state index contributed by atoms with van der Waals surface area (Å²) in [6.45, 7) is 3.23. The van der Waals surface area contributed by atoms with Crippen LogP contribution in [-0.2, 0) is 18.2 Å². The first-order chi connectivity index (χ1) is 16.6. The molecule has 0 radical (unpaired) electrons. The Balaban J connectivity index is 1.93. The highest BCUT2D eigenvalue weighted by molar-refractivity contribution is 5.98. The predicted molar refractivity (Wildman–Crippen MR) is 118 cm³/mol. The lowest BCUT2D eigenvalue weighted by Crippen LogP contribution is -2.27. The molecule has 35 heavy (non-hydrogen) atoms. The van der Waals surface area contributed by atoms with E-state index in [1.54, 1.807) is 26.0 Å². The monoisotopic (exact) mass is 493 g/mol. The maximum Gasteiger partial charge on any atom is 0.337 e. The highest BCUT2D eigenvalue weighted by Gasteiger charge is 2.31. The number of rotatable bonds is 8. The molecule has 1 atom stereocenters. The lowest BCUT2D eigenvalue weighted by molar-refractivity contribution is 0.0600. The van der Waals surface area contributed by atoms with Crippen LogP contribution in [0.15, 0.2) is 36.4 Å². The molecule has 0 aliphatic heterocycles. The number of aromatic nitrogens is 2. The summed E-state index contributed by atoms with van der Waals surface area (Å²) in [5.41, 5.74) is -0.457. The fourth-order valence-corrected chi connectivity index (χ4v) is 3.44. The van der Waals surface area contributed by atoms with E-state index in [4.69, 9.17) is 4.74 Å². The second-order valence-electron chi connectivity index (χ2n) is 7.63. The van der Waals surface area contributed by atoms with Gasteiger partial charge < -0.3 is 14.8 Å². The van der Waals surface area contributed by atoms with E-state index >= 15 is 0 Å². The third-order valence-electron chi connectivity index (χ3n) is 5.31. The van der Waals surface area contributed by atoms with Crippen LogP contribution in [0.5, 0.6) is 11.6 Å². The molecule has 1 amide bonds. The Hall–Kier alpha value is -3.89. The van der Waals surface area contributed by atoms with E-state index in [0.717, 1.165) is 10.7 Å². The quantitative estimate of drug-likeness (QED) is 0.342. The first-order valence-electron chi connectivity index (χ1n) is 10.6. The molecule has 1 aromatic heterocycles. The van der Waals surface area contributed by atoms with Crippen LogP contribution in [0.25, 0.3) is 0 Å². The third-order valence-corrected chi connectivity index (χ3v) is 5.31. The Morgan fingerprint density at radius 1 is 1.14 bits per heavy atom. The Morgan fingerprint density at radius 2 is 1.80 bits per heavy atom. The van der Waals surface area contributed by atoms with Gasteiger partial charge in [0, 0.05) is 13.1 Å². The van der Waals surface area contributed by atoms with Crippen molar-refractivity contribution in [3.63, 3.8) is 0 Å². The molecule has 1 unspecified atom stereocenters. The zero-order chi connectivity index (χ0) is 25.9. The molecule has 0 spiro atoms. The third kappa shape index (κ3) is 5.44. The number of alkyl halides is 2. The zero-order valence-electron chi connectivity index (χ0n) is 19.4. The predicted octanol–water partition coefficient (Wildman–Crippen LogP) is 5.27. The fourth-order valence-electron chi connectivity index (χ4n) is 3.44. The van der Waals surface area contributed by atoms with Crippen molar-refractivity contribution in [2.75, 3.05) is 7.11 Å². The first-order valence-corrected chi connectivity index (χ1v) is 10.6. The number of nitrogens with one attached hydrogen (secondary N) is 1. The SMILES string of the molecule is CCc1cc(Oc2c(C(=O)NC(C)c3ccc(C(=O)OC)cc3)c(C(F)F)nn2C)cc(F)c1F. The van der Waals surface area contributed by atoms with Gasteiger partial charge in [0.15, 0.2) is 11.6 Å². The molecular formula is C24H23F4N3O4. The Bertz CT molecular complexity index is 1240. The van der Waals surface area contributed by atoms with E-state index < -0.39 is 47.2 Å².